The molecular weight excluding hydrogens is 234 g/mol. The second kappa shape index (κ2) is 5.95. The number of rotatable bonds is 4. The third kappa shape index (κ3) is 2.89. The molecule has 0 bridgehead atoms. The van der Waals surface area contributed by atoms with Gasteiger partial charge >= 0.3 is 0 Å². The maximum atomic E-state index is 12.2. The Labute approximate surface area is 119 Å². The summed E-state index contributed by atoms with van der Waals surface area (Å²) in [4.78, 5) is 12.2. The second-order valence-corrected chi connectivity index (χ2v) is 7.43. The largest absolute Gasteiger partial charge is 0.319 e. The Hall–Kier alpha value is -0.370. The molecule has 0 radical (unpaired) electrons. The molecular formula is C17H32NO+. The van der Waals surface area contributed by atoms with Crippen molar-refractivity contribution >= 4 is 5.78 Å². The molecule has 2 rings (SSSR count). The molecule has 0 aliphatic carbocycles. The fourth-order valence-electron chi connectivity index (χ4n) is 4.59. The first-order valence-corrected chi connectivity index (χ1v) is 8.36. The van der Waals surface area contributed by atoms with Crippen molar-refractivity contribution in [2.75, 3.05) is 13.1 Å². The van der Waals surface area contributed by atoms with Crippen LogP contribution in [0.1, 0.15) is 66.2 Å². The molecule has 2 fully saturated rings. The summed E-state index contributed by atoms with van der Waals surface area (Å²) in [7, 11) is 0. The Kier molecular flexibility index (Phi) is 4.70. The maximum Gasteiger partial charge on any atom is 0.135 e. The van der Waals surface area contributed by atoms with Gasteiger partial charge in [-0.2, -0.15) is 0 Å². The number of fused-ring (bicyclic) bond motifs is 1. The van der Waals surface area contributed by atoms with Gasteiger partial charge < -0.3 is 4.48 Å². The Morgan fingerprint density at radius 1 is 1.05 bits per heavy atom. The molecule has 0 aromatic rings. The summed E-state index contributed by atoms with van der Waals surface area (Å²) in [5, 5.41) is 0. The average Bonchev–Trinajstić information content (AvgIpc) is 2.38. The van der Waals surface area contributed by atoms with Gasteiger partial charge in [0.15, 0.2) is 0 Å². The lowest BCUT2D eigenvalue weighted by atomic mass is 9.76. The summed E-state index contributed by atoms with van der Waals surface area (Å²) in [5.74, 6) is 1.36. The van der Waals surface area contributed by atoms with Gasteiger partial charge in [0.1, 0.15) is 5.78 Å². The van der Waals surface area contributed by atoms with Crippen molar-refractivity contribution in [2.45, 2.75) is 78.3 Å². The first-order valence-electron chi connectivity index (χ1n) is 8.36. The van der Waals surface area contributed by atoms with Crippen LogP contribution >= 0.6 is 0 Å². The average molecular weight is 266 g/mol. The number of Topliss-reactive ketones (excluding diaryl/α,β-unsaturated/α-hetero) is 1. The van der Waals surface area contributed by atoms with Crippen LogP contribution in [0.15, 0.2) is 0 Å². The van der Waals surface area contributed by atoms with Crippen LogP contribution in [0.4, 0.5) is 0 Å². The van der Waals surface area contributed by atoms with E-state index in [0.29, 0.717) is 11.7 Å². The number of carbonyl (C=O) groups is 1. The van der Waals surface area contributed by atoms with E-state index in [1.165, 1.54) is 49.7 Å². The van der Waals surface area contributed by atoms with E-state index in [4.69, 9.17) is 0 Å². The van der Waals surface area contributed by atoms with Gasteiger partial charge in [-0.15, -0.1) is 0 Å². The van der Waals surface area contributed by atoms with E-state index in [-0.39, 0.29) is 5.92 Å². The van der Waals surface area contributed by atoms with Crippen LogP contribution in [0.2, 0.25) is 0 Å². The topological polar surface area (TPSA) is 17.1 Å². The van der Waals surface area contributed by atoms with Crippen LogP contribution in [0.25, 0.3) is 0 Å². The van der Waals surface area contributed by atoms with Crippen molar-refractivity contribution < 1.29 is 9.28 Å². The van der Waals surface area contributed by atoms with E-state index in [1.807, 2.05) is 0 Å². The monoisotopic (exact) mass is 266 g/mol. The molecule has 2 saturated heterocycles. The van der Waals surface area contributed by atoms with Crippen LogP contribution in [-0.4, -0.2) is 35.4 Å². The zero-order valence-electron chi connectivity index (χ0n) is 13.3. The molecule has 2 aliphatic rings. The van der Waals surface area contributed by atoms with Crippen molar-refractivity contribution in [3.8, 4) is 0 Å². The van der Waals surface area contributed by atoms with Crippen molar-refractivity contribution in [1.82, 2.24) is 0 Å². The lowest BCUT2D eigenvalue weighted by molar-refractivity contribution is -0.982. The minimum Gasteiger partial charge on any atom is -0.319 e. The molecule has 2 nitrogen and oxygen atoms in total. The highest BCUT2D eigenvalue weighted by atomic mass is 16.1. The normalized spacial score (nSPS) is 35.5. The first-order chi connectivity index (χ1) is 8.97. The Balaban J connectivity index is 2.14. The van der Waals surface area contributed by atoms with Crippen LogP contribution in [0.3, 0.4) is 0 Å². The van der Waals surface area contributed by atoms with Crippen molar-refractivity contribution in [3.63, 3.8) is 0 Å². The predicted molar refractivity (Wildman–Crippen MR) is 80.0 cm³/mol. The Bertz CT molecular complexity index is 319. The molecule has 0 saturated carbocycles. The zero-order chi connectivity index (χ0) is 14.0. The fraction of sp³-hybridized carbons (Fsp3) is 0.941. The van der Waals surface area contributed by atoms with Crippen LogP contribution < -0.4 is 0 Å². The number of nitrogens with zero attached hydrogens (tertiary/aromatic N) is 1. The molecule has 3 atom stereocenters. The van der Waals surface area contributed by atoms with Crippen molar-refractivity contribution in [2.24, 2.45) is 11.8 Å². The van der Waals surface area contributed by atoms with E-state index in [1.54, 1.807) is 0 Å². The summed E-state index contributed by atoms with van der Waals surface area (Å²) < 4.78 is 1.32. The molecule has 0 amide bonds. The quantitative estimate of drug-likeness (QED) is 0.708. The number of hydrogen-bond acceptors (Lipinski definition) is 1. The standard InChI is InChI=1S/C17H32NO/c1-13(2)17(19)12-15-8-7-11-18(14(3)4)10-6-5-9-16(15)18/h13-16H,5-12H2,1-4H3/q+1. The van der Waals surface area contributed by atoms with Gasteiger partial charge in [-0.1, -0.05) is 13.8 Å². The highest BCUT2D eigenvalue weighted by Gasteiger charge is 2.48. The highest BCUT2D eigenvalue weighted by Crippen LogP contribution is 2.41. The lowest BCUT2D eigenvalue weighted by Gasteiger charge is -2.56. The summed E-state index contributed by atoms with van der Waals surface area (Å²) in [6, 6.07) is 1.49. The number of piperidine rings is 2. The van der Waals surface area contributed by atoms with Gasteiger partial charge in [-0.3, -0.25) is 4.79 Å². The van der Waals surface area contributed by atoms with Crippen LogP contribution in [-0.2, 0) is 4.79 Å². The third-order valence-corrected chi connectivity index (χ3v) is 5.81. The fourth-order valence-corrected chi connectivity index (χ4v) is 4.59. The van der Waals surface area contributed by atoms with E-state index >= 15 is 0 Å². The Morgan fingerprint density at radius 2 is 1.74 bits per heavy atom. The van der Waals surface area contributed by atoms with Crippen LogP contribution in [0.5, 0.6) is 0 Å². The highest BCUT2D eigenvalue weighted by molar-refractivity contribution is 5.80. The number of carbonyl (C=O) groups excluding carboxylic acids is 1. The molecule has 0 N–H and O–H groups in total. The van der Waals surface area contributed by atoms with Crippen molar-refractivity contribution in [3.05, 3.63) is 0 Å². The molecule has 110 valence electrons. The summed E-state index contributed by atoms with van der Waals surface area (Å²) in [6.07, 6.45) is 7.58. The Morgan fingerprint density at radius 3 is 2.37 bits per heavy atom. The predicted octanol–water partition coefficient (Wildman–Crippen LogP) is 3.79. The van der Waals surface area contributed by atoms with Gasteiger partial charge in [0.25, 0.3) is 0 Å². The van der Waals surface area contributed by atoms with E-state index in [0.717, 1.165) is 18.5 Å². The third-order valence-electron chi connectivity index (χ3n) is 5.81. The number of quaternary nitrogens is 1. The number of hydrogen-bond donors (Lipinski definition) is 0. The molecule has 0 aromatic heterocycles. The van der Waals surface area contributed by atoms with E-state index < -0.39 is 0 Å². The minimum absolute atomic E-state index is 0.214. The molecule has 2 aliphatic heterocycles. The van der Waals surface area contributed by atoms with Crippen LogP contribution in [0, 0.1) is 11.8 Å². The number of ketones is 1. The van der Waals surface area contributed by atoms with E-state index in [9.17, 15) is 4.79 Å². The lowest BCUT2D eigenvalue weighted by Crippen LogP contribution is -2.66. The molecule has 3 unspecified atom stereocenters. The zero-order valence-corrected chi connectivity index (χ0v) is 13.3. The second-order valence-electron chi connectivity index (χ2n) is 7.43. The molecule has 2 heteroatoms. The van der Waals surface area contributed by atoms with Crippen molar-refractivity contribution in [1.29, 1.82) is 0 Å². The summed E-state index contributed by atoms with van der Waals surface area (Å²) in [6.45, 7) is 11.6. The van der Waals surface area contributed by atoms with Gasteiger partial charge in [-0.25, -0.2) is 0 Å². The molecule has 2 heterocycles. The SMILES string of the molecule is CC(C)C(=O)CC1CCC[N+]2(C(C)C)CCCCC12. The van der Waals surface area contributed by atoms with E-state index in [2.05, 4.69) is 27.7 Å². The van der Waals surface area contributed by atoms with Gasteiger partial charge in [0.05, 0.1) is 25.2 Å². The van der Waals surface area contributed by atoms with Gasteiger partial charge in [0, 0.05) is 18.3 Å². The summed E-state index contributed by atoms with van der Waals surface area (Å²) >= 11 is 0. The maximum absolute atomic E-state index is 12.2. The first kappa shape index (κ1) is 15.0. The van der Waals surface area contributed by atoms with Gasteiger partial charge in [-0.05, 0) is 46.0 Å². The molecule has 0 spiro atoms. The molecule has 19 heavy (non-hydrogen) atoms. The minimum atomic E-state index is 0.214. The van der Waals surface area contributed by atoms with Gasteiger partial charge in [0.2, 0.25) is 0 Å². The smallest absolute Gasteiger partial charge is 0.135 e. The molecule has 0 aromatic carbocycles. The summed E-state index contributed by atoms with van der Waals surface area (Å²) in [5.41, 5.74) is 0.